The number of ketones is 2. The Hall–Kier alpha value is -4.35. The average Bonchev–Trinajstić information content (AvgIpc) is 2.88. The number of nitrogens with one attached hydrogen (secondary N) is 2. The molecular formula is C29H22N2O3. The predicted molar refractivity (Wildman–Crippen MR) is 131 cm³/mol. The van der Waals surface area contributed by atoms with Gasteiger partial charge in [-0.1, -0.05) is 97.1 Å². The van der Waals surface area contributed by atoms with Crippen LogP contribution in [0, 0.1) is 0 Å². The molecule has 0 aliphatic heterocycles. The third-order valence-electron chi connectivity index (χ3n) is 5.96. The van der Waals surface area contributed by atoms with Crippen molar-refractivity contribution in [3.05, 3.63) is 137 Å². The molecule has 0 heterocycles. The molecule has 5 rings (SSSR count). The minimum atomic E-state index is -0.302. The quantitative estimate of drug-likeness (QED) is 0.394. The predicted octanol–water partition coefficient (Wildman–Crippen LogP) is 4.78. The maximum absolute atomic E-state index is 13.2. The fourth-order valence-corrected chi connectivity index (χ4v) is 4.36. The monoisotopic (exact) mass is 446 g/mol. The SMILES string of the molecule is O=C(CNC(c1ccccc1)c1ccccc1)Nc1cccc2c1C(=O)c1ccccc1C2=O. The third-order valence-corrected chi connectivity index (χ3v) is 5.96. The van der Waals surface area contributed by atoms with Crippen molar-refractivity contribution in [3.8, 4) is 0 Å². The first kappa shape index (κ1) is 21.5. The molecule has 0 bridgehead atoms. The molecule has 34 heavy (non-hydrogen) atoms. The van der Waals surface area contributed by atoms with Crippen LogP contribution in [0.1, 0.15) is 49.0 Å². The molecule has 1 amide bonds. The van der Waals surface area contributed by atoms with Crippen molar-refractivity contribution in [2.75, 3.05) is 11.9 Å². The Morgan fingerprint density at radius 3 is 1.76 bits per heavy atom. The van der Waals surface area contributed by atoms with Crippen LogP contribution in [0.15, 0.2) is 103 Å². The molecule has 5 heteroatoms. The standard InChI is InChI=1S/C29H22N2O3/c32-25(18-30-27(19-10-3-1-4-11-19)20-12-5-2-6-13-20)31-24-17-9-16-23-26(24)29(34)22-15-8-7-14-21(22)28(23)33/h1-17,27,30H,18H2,(H,31,32). The Bertz CT molecular complexity index is 1340. The van der Waals surface area contributed by atoms with E-state index < -0.39 is 0 Å². The van der Waals surface area contributed by atoms with Crippen molar-refractivity contribution < 1.29 is 14.4 Å². The van der Waals surface area contributed by atoms with Crippen LogP contribution in [0.4, 0.5) is 5.69 Å². The van der Waals surface area contributed by atoms with E-state index in [1.54, 1.807) is 42.5 Å². The fraction of sp³-hybridized carbons (Fsp3) is 0.0690. The van der Waals surface area contributed by atoms with E-state index in [1.165, 1.54) is 0 Å². The molecule has 1 aliphatic carbocycles. The number of hydrogen-bond donors (Lipinski definition) is 2. The molecule has 0 fully saturated rings. The summed E-state index contributed by atoms with van der Waals surface area (Å²) in [5.74, 6) is -0.780. The fourth-order valence-electron chi connectivity index (χ4n) is 4.36. The summed E-state index contributed by atoms with van der Waals surface area (Å²) in [7, 11) is 0. The highest BCUT2D eigenvalue weighted by Gasteiger charge is 2.31. The van der Waals surface area contributed by atoms with Crippen LogP contribution in [-0.4, -0.2) is 24.0 Å². The van der Waals surface area contributed by atoms with Gasteiger partial charge in [0, 0.05) is 16.7 Å². The molecule has 0 atom stereocenters. The number of benzene rings is 4. The lowest BCUT2D eigenvalue weighted by Gasteiger charge is -2.22. The van der Waals surface area contributed by atoms with Gasteiger partial charge in [-0.05, 0) is 17.2 Å². The van der Waals surface area contributed by atoms with Crippen molar-refractivity contribution in [2.45, 2.75) is 6.04 Å². The number of rotatable bonds is 6. The zero-order valence-electron chi connectivity index (χ0n) is 18.3. The molecule has 0 unspecified atom stereocenters. The van der Waals surface area contributed by atoms with Crippen molar-refractivity contribution in [3.63, 3.8) is 0 Å². The second kappa shape index (κ2) is 9.25. The molecule has 2 N–H and O–H groups in total. The summed E-state index contributed by atoms with van der Waals surface area (Å²) in [5, 5.41) is 6.16. The van der Waals surface area contributed by atoms with Gasteiger partial charge in [-0.3, -0.25) is 19.7 Å². The number of hydrogen-bond acceptors (Lipinski definition) is 4. The lowest BCUT2D eigenvalue weighted by Crippen LogP contribution is -2.32. The van der Waals surface area contributed by atoms with E-state index >= 15 is 0 Å². The van der Waals surface area contributed by atoms with Crippen molar-refractivity contribution in [1.82, 2.24) is 5.32 Å². The number of carbonyl (C=O) groups is 3. The zero-order valence-corrected chi connectivity index (χ0v) is 18.3. The average molecular weight is 447 g/mol. The first-order valence-corrected chi connectivity index (χ1v) is 11.1. The molecule has 0 spiro atoms. The van der Waals surface area contributed by atoms with E-state index in [-0.39, 0.29) is 35.6 Å². The van der Waals surface area contributed by atoms with Crippen LogP contribution in [0.2, 0.25) is 0 Å². The van der Waals surface area contributed by atoms with Gasteiger partial charge in [0.1, 0.15) is 0 Å². The van der Waals surface area contributed by atoms with Gasteiger partial charge in [0.05, 0.1) is 23.8 Å². The van der Waals surface area contributed by atoms with Crippen LogP contribution in [-0.2, 0) is 4.79 Å². The second-order valence-corrected chi connectivity index (χ2v) is 8.12. The van der Waals surface area contributed by atoms with E-state index in [4.69, 9.17) is 0 Å². The Kier molecular flexibility index (Phi) is 5.85. The van der Waals surface area contributed by atoms with Gasteiger partial charge < -0.3 is 5.32 Å². The van der Waals surface area contributed by atoms with E-state index in [2.05, 4.69) is 10.6 Å². The lowest BCUT2D eigenvalue weighted by atomic mass is 9.83. The molecular weight excluding hydrogens is 424 g/mol. The Labute approximate surface area is 197 Å². The lowest BCUT2D eigenvalue weighted by molar-refractivity contribution is -0.115. The smallest absolute Gasteiger partial charge is 0.238 e. The first-order chi connectivity index (χ1) is 16.6. The third kappa shape index (κ3) is 4.05. The van der Waals surface area contributed by atoms with E-state index in [9.17, 15) is 14.4 Å². The summed E-state index contributed by atoms with van der Waals surface area (Å²) in [4.78, 5) is 39.0. The maximum atomic E-state index is 13.2. The summed E-state index contributed by atoms with van der Waals surface area (Å²) < 4.78 is 0. The molecule has 166 valence electrons. The summed E-state index contributed by atoms with van der Waals surface area (Å²) in [6.07, 6.45) is 0. The summed E-state index contributed by atoms with van der Waals surface area (Å²) in [6.45, 7) is 0.0246. The molecule has 0 aromatic heterocycles. The number of carbonyl (C=O) groups excluding carboxylic acids is 3. The zero-order chi connectivity index (χ0) is 23.5. The Balaban J connectivity index is 1.37. The van der Waals surface area contributed by atoms with Gasteiger partial charge >= 0.3 is 0 Å². The largest absolute Gasteiger partial charge is 0.324 e. The molecule has 0 saturated carbocycles. The normalized spacial score (nSPS) is 12.3. The van der Waals surface area contributed by atoms with E-state index in [1.807, 2.05) is 60.7 Å². The highest BCUT2D eigenvalue weighted by atomic mass is 16.2. The Morgan fingerprint density at radius 2 is 1.15 bits per heavy atom. The van der Waals surface area contributed by atoms with Crippen LogP contribution in [0.5, 0.6) is 0 Å². The van der Waals surface area contributed by atoms with Crippen LogP contribution in [0.3, 0.4) is 0 Å². The van der Waals surface area contributed by atoms with Gasteiger partial charge in [0.2, 0.25) is 5.91 Å². The Morgan fingerprint density at radius 1 is 0.618 bits per heavy atom. The molecule has 4 aromatic carbocycles. The second-order valence-electron chi connectivity index (χ2n) is 8.12. The van der Waals surface area contributed by atoms with Gasteiger partial charge in [-0.15, -0.1) is 0 Å². The van der Waals surface area contributed by atoms with Gasteiger partial charge in [-0.2, -0.15) is 0 Å². The van der Waals surface area contributed by atoms with Crippen LogP contribution >= 0.6 is 0 Å². The molecule has 0 radical (unpaired) electrons. The maximum Gasteiger partial charge on any atom is 0.238 e. The van der Waals surface area contributed by atoms with Crippen molar-refractivity contribution in [1.29, 1.82) is 0 Å². The minimum Gasteiger partial charge on any atom is -0.324 e. The van der Waals surface area contributed by atoms with Crippen LogP contribution in [0.25, 0.3) is 0 Å². The van der Waals surface area contributed by atoms with Crippen molar-refractivity contribution >= 4 is 23.2 Å². The molecule has 4 aromatic rings. The van der Waals surface area contributed by atoms with Gasteiger partial charge in [0.15, 0.2) is 11.6 Å². The van der Waals surface area contributed by atoms with E-state index in [0.717, 1.165) is 11.1 Å². The molecule has 1 aliphatic rings. The highest BCUT2D eigenvalue weighted by Crippen LogP contribution is 2.32. The van der Waals surface area contributed by atoms with E-state index in [0.29, 0.717) is 22.4 Å². The van der Waals surface area contributed by atoms with Gasteiger partial charge in [-0.25, -0.2) is 0 Å². The molecule has 5 nitrogen and oxygen atoms in total. The number of anilines is 1. The topological polar surface area (TPSA) is 75.3 Å². The molecule has 0 saturated heterocycles. The van der Waals surface area contributed by atoms with Crippen LogP contribution < -0.4 is 10.6 Å². The minimum absolute atomic E-state index is 0.0246. The summed E-state index contributed by atoms with van der Waals surface area (Å²) >= 11 is 0. The van der Waals surface area contributed by atoms with Gasteiger partial charge in [0.25, 0.3) is 0 Å². The number of amides is 1. The summed E-state index contributed by atoms with van der Waals surface area (Å²) in [5.41, 5.74) is 3.70. The van der Waals surface area contributed by atoms with Crippen molar-refractivity contribution in [2.24, 2.45) is 0 Å². The highest BCUT2D eigenvalue weighted by molar-refractivity contribution is 6.30. The number of fused-ring (bicyclic) bond motifs is 2. The first-order valence-electron chi connectivity index (χ1n) is 11.1. The summed E-state index contributed by atoms with van der Waals surface area (Å²) in [6, 6.07) is 31.3.